The highest BCUT2D eigenvalue weighted by atomic mass is 35.5. The van der Waals surface area contributed by atoms with Crippen LogP contribution < -0.4 is 0 Å². The van der Waals surface area contributed by atoms with Crippen molar-refractivity contribution in [2.24, 2.45) is 0 Å². The van der Waals surface area contributed by atoms with Crippen LogP contribution in [0.4, 0.5) is 0 Å². The molecule has 0 bridgehead atoms. The average Bonchev–Trinajstić information content (AvgIpc) is 3.06. The lowest BCUT2D eigenvalue weighted by Crippen LogP contribution is -1.84. The Morgan fingerprint density at radius 1 is 1.00 bits per heavy atom. The van der Waals surface area contributed by atoms with Gasteiger partial charge in [-0.15, -0.1) is 11.3 Å². The number of halogens is 4. The Hall–Kier alpha value is -1.54. The summed E-state index contributed by atoms with van der Waals surface area (Å²) in [5.74, 6) is 0. The summed E-state index contributed by atoms with van der Waals surface area (Å²) in [6, 6.07) is 12.6. The van der Waals surface area contributed by atoms with Crippen molar-refractivity contribution in [2.45, 2.75) is 0 Å². The van der Waals surface area contributed by atoms with Gasteiger partial charge in [0.1, 0.15) is 11.1 Å². The van der Waals surface area contributed by atoms with Crippen LogP contribution in [0, 0.1) is 11.3 Å². The van der Waals surface area contributed by atoms with Crippen LogP contribution in [0.25, 0.3) is 22.9 Å². The molecule has 1 heterocycles. The van der Waals surface area contributed by atoms with E-state index in [0.29, 0.717) is 36.2 Å². The van der Waals surface area contributed by atoms with E-state index in [1.165, 1.54) is 11.3 Å². The topological polar surface area (TPSA) is 36.7 Å². The van der Waals surface area contributed by atoms with Gasteiger partial charge in [-0.3, -0.25) is 0 Å². The Bertz CT molecular complexity index is 1020. The van der Waals surface area contributed by atoms with Crippen molar-refractivity contribution in [3.63, 3.8) is 0 Å². The van der Waals surface area contributed by atoms with Gasteiger partial charge < -0.3 is 0 Å². The number of hydrogen-bond acceptors (Lipinski definition) is 3. The third-order valence-corrected chi connectivity index (χ3v) is 5.51. The van der Waals surface area contributed by atoms with Crippen molar-refractivity contribution in [1.82, 2.24) is 4.98 Å². The van der Waals surface area contributed by atoms with Gasteiger partial charge in [0.15, 0.2) is 0 Å². The van der Waals surface area contributed by atoms with Crippen LogP contribution in [0.3, 0.4) is 0 Å². The summed E-state index contributed by atoms with van der Waals surface area (Å²) in [5.41, 5.74) is 2.68. The summed E-state index contributed by atoms with van der Waals surface area (Å²) in [4.78, 5) is 4.52. The highest BCUT2D eigenvalue weighted by Crippen LogP contribution is 2.32. The maximum atomic E-state index is 9.49. The molecular weight excluding hydrogens is 418 g/mol. The number of aromatic nitrogens is 1. The zero-order valence-electron chi connectivity index (χ0n) is 12.4. The number of thiazole rings is 1. The second-order valence-electron chi connectivity index (χ2n) is 5.00. The van der Waals surface area contributed by atoms with Gasteiger partial charge in [0, 0.05) is 21.0 Å². The van der Waals surface area contributed by atoms with E-state index in [2.05, 4.69) is 11.1 Å². The van der Waals surface area contributed by atoms with Crippen molar-refractivity contribution >= 4 is 69.4 Å². The SMILES string of the molecule is N#C/C(=C\c1ccc(Cl)cc1Cl)c1nc(-c2ccc(Cl)c(Cl)c2)cs1. The molecule has 0 saturated heterocycles. The van der Waals surface area contributed by atoms with Crippen LogP contribution >= 0.6 is 57.7 Å². The fourth-order valence-corrected chi connectivity index (χ4v) is 3.66. The Balaban J connectivity index is 1.98. The van der Waals surface area contributed by atoms with E-state index in [4.69, 9.17) is 46.4 Å². The van der Waals surface area contributed by atoms with Crippen molar-refractivity contribution in [3.05, 3.63) is 72.4 Å². The Morgan fingerprint density at radius 2 is 1.80 bits per heavy atom. The molecule has 7 heteroatoms. The molecule has 1 aromatic heterocycles. The molecule has 0 aliphatic carbocycles. The largest absolute Gasteiger partial charge is 0.235 e. The molecule has 2 aromatic carbocycles. The predicted octanol–water partition coefficient (Wildman–Crippen LogP) is 7.49. The molecule has 0 aliphatic heterocycles. The molecule has 0 amide bonds. The quantitative estimate of drug-likeness (QED) is 0.407. The van der Waals surface area contributed by atoms with Crippen LogP contribution in [0.1, 0.15) is 10.6 Å². The predicted molar refractivity (Wildman–Crippen MR) is 108 cm³/mol. The first-order valence-corrected chi connectivity index (χ1v) is 9.35. The molecule has 25 heavy (non-hydrogen) atoms. The molecule has 3 rings (SSSR count). The Labute approximate surface area is 168 Å². The second-order valence-corrected chi connectivity index (χ2v) is 7.52. The van der Waals surface area contributed by atoms with Crippen LogP contribution in [0.2, 0.25) is 20.1 Å². The minimum Gasteiger partial charge on any atom is -0.235 e. The highest BCUT2D eigenvalue weighted by Gasteiger charge is 2.11. The molecule has 3 aromatic rings. The van der Waals surface area contributed by atoms with E-state index in [0.717, 1.165) is 11.3 Å². The number of rotatable bonds is 3. The van der Waals surface area contributed by atoms with E-state index >= 15 is 0 Å². The van der Waals surface area contributed by atoms with E-state index < -0.39 is 0 Å². The fraction of sp³-hybridized carbons (Fsp3) is 0. The number of benzene rings is 2. The van der Waals surface area contributed by atoms with E-state index in [9.17, 15) is 5.26 Å². The van der Waals surface area contributed by atoms with Crippen molar-refractivity contribution in [2.75, 3.05) is 0 Å². The van der Waals surface area contributed by atoms with Crippen LogP contribution in [-0.4, -0.2) is 4.98 Å². The van der Waals surface area contributed by atoms with Gasteiger partial charge in [0.25, 0.3) is 0 Å². The van der Waals surface area contributed by atoms with Gasteiger partial charge in [-0.2, -0.15) is 5.26 Å². The van der Waals surface area contributed by atoms with Crippen molar-refractivity contribution in [3.8, 4) is 17.3 Å². The maximum Gasteiger partial charge on any atom is 0.134 e. The van der Waals surface area contributed by atoms with Crippen molar-refractivity contribution < 1.29 is 0 Å². The summed E-state index contributed by atoms with van der Waals surface area (Å²) < 4.78 is 0. The Morgan fingerprint density at radius 3 is 2.48 bits per heavy atom. The molecule has 0 fully saturated rings. The molecule has 0 atom stereocenters. The number of hydrogen-bond donors (Lipinski definition) is 0. The van der Waals surface area contributed by atoms with Gasteiger partial charge in [0.05, 0.1) is 21.3 Å². The lowest BCUT2D eigenvalue weighted by molar-refractivity contribution is 1.37. The number of nitriles is 1. The molecular formula is C18H8Cl4N2S. The normalized spacial score (nSPS) is 11.4. The second kappa shape index (κ2) is 7.78. The molecule has 0 spiro atoms. The number of allylic oxidation sites excluding steroid dienone is 1. The summed E-state index contributed by atoms with van der Waals surface area (Å²) in [6.45, 7) is 0. The minimum atomic E-state index is 0.417. The zero-order chi connectivity index (χ0) is 18.0. The summed E-state index contributed by atoms with van der Waals surface area (Å²) in [7, 11) is 0. The fourth-order valence-electron chi connectivity index (χ4n) is 2.10. The van der Waals surface area contributed by atoms with Gasteiger partial charge in [-0.25, -0.2) is 4.98 Å². The zero-order valence-corrected chi connectivity index (χ0v) is 16.3. The highest BCUT2D eigenvalue weighted by molar-refractivity contribution is 7.11. The van der Waals surface area contributed by atoms with Gasteiger partial charge in [-0.1, -0.05) is 58.5 Å². The number of nitrogens with zero attached hydrogens (tertiary/aromatic N) is 2. The molecule has 2 nitrogen and oxygen atoms in total. The van der Waals surface area contributed by atoms with E-state index in [-0.39, 0.29) is 0 Å². The molecule has 0 radical (unpaired) electrons. The molecule has 0 N–H and O–H groups in total. The third kappa shape index (κ3) is 4.17. The van der Waals surface area contributed by atoms with Gasteiger partial charge in [-0.05, 0) is 35.9 Å². The Kier molecular flexibility index (Phi) is 5.68. The smallest absolute Gasteiger partial charge is 0.134 e. The lowest BCUT2D eigenvalue weighted by atomic mass is 10.1. The minimum absolute atomic E-state index is 0.417. The first-order chi connectivity index (χ1) is 12.0. The van der Waals surface area contributed by atoms with Crippen LogP contribution in [0.15, 0.2) is 41.8 Å². The average molecular weight is 426 g/mol. The molecule has 0 saturated carbocycles. The maximum absolute atomic E-state index is 9.49. The summed E-state index contributed by atoms with van der Waals surface area (Å²) in [5, 5.41) is 13.9. The van der Waals surface area contributed by atoms with Crippen LogP contribution in [-0.2, 0) is 0 Å². The lowest BCUT2D eigenvalue weighted by Gasteiger charge is -2.01. The standard InChI is InChI=1S/C18H8Cl4N2S/c19-13-3-1-10(15(21)7-13)5-12(8-23)18-24-17(9-25-18)11-2-4-14(20)16(22)6-11/h1-7,9H/b12-5+. The first kappa shape index (κ1) is 18.3. The van der Waals surface area contributed by atoms with Crippen molar-refractivity contribution in [1.29, 1.82) is 5.26 Å². The first-order valence-electron chi connectivity index (χ1n) is 6.96. The van der Waals surface area contributed by atoms with Gasteiger partial charge >= 0.3 is 0 Å². The van der Waals surface area contributed by atoms with E-state index in [1.807, 2.05) is 11.4 Å². The van der Waals surface area contributed by atoms with E-state index in [1.54, 1.807) is 36.4 Å². The molecule has 0 unspecified atom stereocenters. The van der Waals surface area contributed by atoms with Crippen LogP contribution in [0.5, 0.6) is 0 Å². The molecule has 124 valence electrons. The summed E-state index contributed by atoms with van der Waals surface area (Å²) in [6.07, 6.45) is 1.69. The summed E-state index contributed by atoms with van der Waals surface area (Å²) >= 11 is 25.4. The third-order valence-electron chi connectivity index (χ3n) is 3.33. The van der Waals surface area contributed by atoms with Gasteiger partial charge in [0.2, 0.25) is 0 Å². The monoisotopic (exact) mass is 424 g/mol. The molecule has 0 aliphatic rings.